The van der Waals surface area contributed by atoms with Crippen LogP contribution in [0.1, 0.15) is 45.4 Å². The van der Waals surface area contributed by atoms with Crippen LogP contribution in [0.3, 0.4) is 0 Å². The SMILES string of the molecule is COC(=O)CC[C@H]1CCCC[C@@H]1OC(C)=O. The molecule has 0 aromatic carbocycles. The number of hydrogen-bond acceptors (Lipinski definition) is 4. The van der Waals surface area contributed by atoms with Crippen molar-refractivity contribution >= 4 is 11.9 Å². The number of rotatable bonds is 4. The number of methoxy groups -OCH3 is 1. The van der Waals surface area contributed by atoms with Gasteiger partial charge in [-0.05, 0) is 31.6 Å². The highest BCUT2D eigenvalue weighted by Crippen LogP contribution is 2.30. The average Bonchev–Trinajstić information content (AvgIpc) is 2.26. The van der Waals surface area contributed by atoms with Crippen LogP contribution in [-0.2, 0) is 19.1 Å². The van der Waals surface area contributed by atoms with Crippen LogP contribution in [-0.4, -0.2) is 25.2 Å². The maximum atomic E-state index is 11.1. The van der Waals surface area contributed by atoms with Gasteiger partial charge in [0, 0.05) is 13.3 Å². The first-order chi connectivity index (χ1) is 7.63. The highest BCUT2D eigenvalue weighted by Gasteiger charge is 2.27. The Hall–Kier alpha value is -1.06. The summed E-state index contributed by atoms with van der Waals surface area (Å²) in [5, 5.41) is 0. The lowest BCUT2D eigenvalue weighted by Crippen LogP contribution is -2.29. The smallest absolute Gasteiger partial charge is 0.305 e. The first kappa shape index (κ1) is 13.0. The largest absolute Gasteiger partial charge is 0.469 e. The van der Waals surface area contributed by atoms with Gasteiger partial charge in [-0.25, -0.2) is 0 Å². The van der Waals surface area contributed by atoms with E-state index in [1.807, 2.05) is 0 Å². The Balaban J connectivity index is 2.40. The van der Waals surface area contributed by atoms with Gasteiger partial charge < -0.3 is 9.47 Å². The minimum absolute atomic E-state index is 0.00379. The minimum Gasteiger partial charge on any atom is -0.469 e. The predicted molar refractivity (Wildman–Crippen MR) is 58.8 cm³/mol. The van der Waals surface area contributed by atoms with Crippen LogP contribution in [0.4, 0.5) is 0 Å². The second kappa shape index (κ2) is 6.51. The Labute approximate surface area is 96.3 Å². The van der Waals surface area contributed by atoms with Crippen LogP contribution in [0.25, 0.3) is 0 Å². The Morgan fingerprint density at radius 3 is 2.56 bits per heavy atom. The maximum absolute atomic E-state index is 11.1. The summed E-state index contributed by atoms with van der Waals surface area (Å²) in [7, 11) is 1.40. The molecule has 0 aromatic heterocycles. The Morgan fingerprint density at radius 2 is 1.94 bits per heavy atom. The lowest BCUT2D eigenvalue weighted by atomic mass is 9.83. The molecule has 0 aromatic rings. The first-order valence-electron chi connectivity index (χ1n) is 5.87. The first-order valence-corrected chi connectivity index (χ1v) is 5.87. The average molecular weight is 228 g/mol. The van der Waals surface area contributed by atoms with Crippen molar-refractivity contribution in [3.05, 3.63) is 0 Å². The number of carbonyl (C=O) groups is 2. The summed E-state index contributed by atoms with van der Waals surface area (Å²) in [6.45, 7) is 1.44. The van der Waals surface area contributed by atoms with Crippen LogP contribution in [0, 0.1) is 5.92 Å². The molecule has 0 unspecified atom stereocenters. The fraction of sp³-hybridized carbons (Fsp3) is 0.833. The van der Waals surface area contributed by atoms with Crippen molar-refractivity contribution in [2.24, 2.45) is 5.92 Å². The zero-order chi connectivity index (χ0) is 12.0. The molecule has 0 aliphatic heterocycles. The van der Waals surface area contributed by atoms with Gasteiger partial charge >= 0.3 is 11.9 Å². The van der Waals surface area contributed by atoms with Crippen LogP contribution in [0.2, 0.25) is 0 Å². The van der Waals surface area contributed by atoms with Gasteiger partial charge in [-0.15, -0.1) is 0 Å². The van der Waals surface area contributed by atoms with Crippen molar-refractivity contribution in [1.82, 2.24) is 0 Å². The fourth-order valence-electron chi connectivity index (χ4n) is 2.28. The number of hydrogen-bond donors (Lipinski definition) is 0. The van der Waals surface area contributed by atoms with E-state index in [1.54, 1.807) is 0 Å². The molecule has 1 aliphatic carbocycles. The molecule has 16 heavy (non-hydrogen) atoms. The molecule has 0 heterocycles. The molecule has 0 bridgehead atoms. The Bertz CT molecular complexity index is 249. The fourth-order valence-corrected chi connectivity index (χ4v) is 2.28. The summed E-state index contributed by atoms with van der Waals surface area (Å²) < 4.78 is 9.89. The van der Waals surface area contributed by atoms with Crippen LogP contribution in [0.5, 0.6) is 0 Å². The van der Waals surface area contributed by atoms with Crippen molar-refractivity contribution in [1.29, 1.82) is 0 Å². The summed E-state index contributed by atoms with van der Waals surface area (Å²) in [6, 6.07) is 0. The second-order valence-electron chi connectivity index (χ2n) is 4.31. The number of ether oxygens (including phenoxy) is 2. The van der Waals surface area contributed by atoms with Gasteiger partial charge in [0.05, 0.1) is 7.11 Å². The van der Waals surface area contributed by atoms with E-state index in [9.17, 15) is 9.59 Å². The van der Waals surface area contributed by atoms with Crippen LogP contribution in [0.15, 0.2) is 0 Å². The van der Waals surface area contributed by atoms with Gasteiger partial charge in [0.1, 0.15) is 6.10 Å². The summed E-state index contributed by atoms with van der Waals surface area (Å²) in [6.07, 6.45) is 5.39. The van der Waals surface area contributed by atoms with Gasteiger partial charge in [0.15, 0.2) is 0 Å². The molecule has 4 nitrogen and oxygen atoms in total. The molecular weight excluding hydrogens is 208 g/mol. The topological polar surface area (TPSA) is 52.6 Å². The lowest BCUT2D eigenvalue weighted by molar-refractivity contribution is -0.151. The monoisotopic (exact) mass is 228 g/mol. The molecule has 1 fully saturated rings. The van der Waals surface area contributed by atoms with Crippen molar-refractivity contribution < 1.29 is 19.1 Å². The number of esters is 2. The zero-order valence-electron chi connectivity index (χ0n) is 10.0. The molecule has 0 N–H and O–H groups in total. The molecule has 0 spiro atoms. The molecule has 0 radical (unpaired) electrons. The highest BCUT2D eigenvalue weighted by molar-refractivity contribution is 5.69. The van der Waals surface area contributed by atoms with E-state index < -0.39 is 0 Å². The van der Waals surface area contributed by atoms with Gasteiger partial charge in [-0.3, -0.25) is 9.59 Å². The Morgan fingerprint density at radius 1 is 1.25 bits per heavy atom. The minimum atomic E-state index is -0.227. The van der Waals surface area contributed by atoms with Crippen molar-refractivity contribution in [3.8, 4) is 0 Å². The van der Waals surface area contributed by atoms with E-state index in [0.717, 1.165) is 32.1 Å². The van der Waals surface area contributed by atoms with Crippen molar-refractivity contribution in [2.45, 2.75) is 51.6 Å². The Kier molecular flexibility index (Phi) is 5.29. The molecule has 92 valence electrons. The van der Waals surface area contributed by atoms with E-state index in [0.29, 0.717) is 12.3 Å². The molecule has 4 heteroatoms. The molecule has 0 amide bonds. The standard InChI is InChI=1S/C12H20O4/c1-9(13)16-11-6-4-3-5-10(11)7-8-12(14)15-2/h10-11H,3-8H2,1-2H3/t10-,11+/m1/s1. The summed E-state index contributed by atoms with van der Waals surface area (Å²) in [5.74, 6) is -0.0983. The molecule has 0 saturated heterocycles. The summed E-state index contributed by atoms with van der Waals surface area (Å²) in [5.41, 5.74) is 0. The van der Waals surface area contributed by atoms with Gasteiger partial charge in [0.2, 0.25) is 0 Å². The third-order valence-electron chi connectivity index (χ3n) is 3.10. The molecule has 1 aliphatic rings. The van der Waals surface area contributed by atoms with E-state index in [4.69, 9.17) is 4.74 Å². The van der Waals surface area contributed by atoms with E-state index in [-0.39, 0.29) is 18.0 Å². The molecule has 1 rings (SSSR count). The number of carbonyl (C=O) groups excluding carboxylic acids is 2. The van der Waals surface area contributed by atoms with Gasteiger partial charge in [-0.2, -0.15) is 0 Å². The van der Waals surface area contributed by atoms with Crippen molar-refractivity contribution in [3.63, 3.8) is 0 Å². The molecule has 2 atom stereocenters. The quantitative estimate of drug-likeness (QED) is 0.691. The van der Waals surface area contributed by atoms with Gasteiger partial charge in [-0.1, -0.05) is 6.42 Å². The zero-order valence-corrected chi connectivity index (χ0v) is 10.0. The summed E-state index contributed by atoms with van der Waals surface area (Å²) in [4.78, 5) is 22.0. The molecular formula is C12H20O4. The third-order valence-corrected chi connectivity index (χ3v) is 3.10. The van der Waals surface area contributed by atoms with Gasteiger partial charge in [0.25, 0.3) is 0 Å². The van der Waals surface area contributed by atoms with Crippen molar-refractivity contribution in [2.75, 3.05) is 7.11 Å². The van der Waals surface area contributed by atoms with E-state index >= 15 is 0 Å². The third kappa shape index (κ3) is 4.21. The summed E-state index contributed by atoms with van der Waals surface area (Å²) >= 11 is 0. The second-order valence-corrected chi connectivity index (χ2v) is 4.31. The maximum Gasteiger partial charge on any atom is 0.305 e. The molecule has 1 saturated carbocycles. The highest BCUT2D eigenvalue weighted by atomic mass is 16.5. The normalized spacial score (nSPS) is 24.9. The van der Waals surface area contributed by atoms with Crippen LogP contribution < -0.4 is 0 Å². The van der Waals surface area contributed by atoms with E-state index in [1.165, 1.54) is 14.0 Å². The van der Waals surface area contributed by atoms with E-state index in [2.05, 4.69) is 4.74 Å². The van der Waals surface area contributed by atoms with Crippen LogP contribution >= 0.6 is 0 Å². The lowest BCUT2D eigenvalue weighted by Gasteiger charge is -2.30. The predicted octanol–water partition coefficient (Wildman–Crippen LogP) is 2.06.